The quantitative estimate of drug-likeness (QED) is 0.669. The topological polar surface area (TPSA) is 20.2 Å². The van der Waals surface area contributed by atoms with Crippen LogP contribution in [0.1, 0.15) is 41.0 Å². The monoisotopic (exact) mass is 158 g/mol. The van der Waals surface area contributed by atoms with E-state index in [1.54, 1.807) is 0 Å². The zero-order valence-corrected chi connectivity index (χ0v) is 8.52. The fourth-order valence-electron chi connectivity index (χ4n) is 1.91. The molecule has 0 aliphatic rings. The van der Waals surface area contributed by atoms with Crippen LogP contribution in [-0.2, 0) is 0 Å². The van der Waals surface area contributed by atoms with Crippen molar-refractivity contribution in [1.29, 1.82) is 0 Å². The fourth-order valence-corrected chi connectivity index (χ4v) is 1.91. The molecular formula is C10H22O. The van der Waals surface area contributed by atoms with Crippen molar-refractivity contribution in [3.8, 4) is 0 Å². The van der Waals surface area contributed by atoms with E-state index in [-0.39, 0.29) is 0 Å². The van der Waals surface area contributed by atoms with Gasteiger partial charge in [0.15, 0.2) is 0 Å². The third-order valence-electron chi connectivity index (χ3n) is 2.36. The lowest BCUT2D eigenvalue weighted by Crippen LogP contribution is -2.26. The molecule has 68 valence electrons. The van der Waals surface area contributed by atoms with Gasteiger partial charge in [0.1, 0.15) is 0 Å². The van der Waals surface area contributed by atoms with Crippen LogP contribution >= 0.6 is 0 Å². The smallest absolute Gasteiger partial charge is 0.0433 e. The van der Waals surface area contributed by atoms with E-state index in [0.29, 0.717) is 23.9 Å². The minimum absolute atomic E-state index is 0.320. The van der Waals surface area contributed by atoms with Crippen molar-refractivity contribution in [1.82, 2.24) is 0 Å². The molecule has 1 N–H and O–H groups in total. The van der Waals surface area contributed by atoms with Gasteiger partial charge in [-0.05, 0) is 23.7 Å². The summed E-state index contributed by atoms with van der Waals surface area (Å²) < 4.78 is 0. The molecule has 1 atom stereocenters. The summed E-state index contributed by atoms with van der Waals surface area (Å²) in [6.07, 6.45) is 0.932. The highest BCUT2D eigenvalue weighted by molar-refractivity contribution is 4.76. The Morgan fingerprint density at radius 2 is 1.64 bits per heavy atom. The largest absolute Gasteiger partial charge is 0.396 e. The minimum Gasteiger partial charge on any atom is -0.396 e. The minimum atomic E-state index is 0.320. The predicted octanol–water partition coefficient (Wildman–Crippen LogP) is 2.69. The van der Waals surface area contributed by atoms with Gasteiger partial charge in [-0.25, -0.2) is 0 Å². The van der Waals surface area contributed by atoms with Crippen LogP contribution in [0.4, 0.5) is 0 Å². The Kier molecular flexibility index (Phi) is 4.09. The van der Waals surface area contributed by atoms with Crippen LogP contribution in [-0.4, -0.2) is 11.7 Å². The molecule has 0 radical (unpaired) electrons. The van der Waals surface area contributed by atoms with Crippen molar-refractivity contribution in [3.63, 3.8) is 0 Å². The third-order valence-corrected chi connectivity index (χ3v) is 2.36. The van der Waals surface area contributed by atoms with Gasteiger partial charge >= 0.3 is 0 Å². The molecule has 1 unspecified atom stereocenters. The lowest BCUT2D eigenvalue weighted by Gasteiger charge is -2.33. The van der Waals surface area contributed by atoms with Gasteiger partial charge in [0.25, 0.3) is 0 Å². The molecule has 1 heteroatoms. The Morgan fingerprint density at radius 3 is 1.73 bits per heavy atom. The van der Waals surface area contributed by atoms with Crippen molar-refractivity contribution >= 4 is 0 Å². The average Bonchev–Trinajstić information content (AvgIpc) is 1.79. The molecular weight excluding hydrogens is 136 g/mol. The zero-order chi connectivity index (χ0) is 9.07. The second-order valence-electron chi connectivity index (χ2n) is 4.73. The van der Waals surface area contributed by atoms with Crippen LogP contribution in [0.15, 0.2) is 0 Å². The molecule has 0 rings (SSSR count). The van der Waals surface area contributed by atoms with Crippen molar-refractivity contribution in [2.45, 2.75) is 41.0 Å². The van der Waals surface area contributed by atoms with E-state index in [2.05, 4.69) is 34.6 Å². The van der Waals surface area contributed by atoms with Gasteiger partial charge in [-0.2, -0.15) is 0 Å². The van der Waals surface area contributed by atoms with E-state index in [9.17, 15) is 0 Å². The molecule has 0 fully saturated rings. The molecule has 0 bridgehead atoms. The molecule has 0 amide bonds. The summed E-state index contributed by atoms with van der Waals surface area (Å²) >= 11 is 0. The van der Waals surface area contributed by atoms with Crippen LogP contribution in [0.25, 0.3) is 0 Å². The van der Waals surface area contributed by atoms with E-state index in [0.717, 1.165) is 6.42 Å². The number of hydrogen-bond donors (Lipinski definition) is 1. The summed E-state index contributed by atoms with van der Waals surface area (Å²) in [6.45, 7) is 11.5. The molecule has 0 aliphatic heterocycles. The standard InChI is InChI=1S/C10H22O/c1-8(2)9(6-7-11)10(3,4)5/h8-9,11H,6-7H2,1-5H3. The Labute approximate surface area is 70.8 Å². The molecule has 1 nitrogen and oxygen atoms in total. The first-order chi connectivity index (χ1) is 4.89. The first-order valence-corrected chi connectivity index (χ1v) is 4.50. The lowest BCUT2D eigenvalue weighted by molar-refractivity contribution is 0.131. The van der Waals surface area contributed by atoms with E-state index in [1.807, 2.05) is 0 Å². The van der Waals surface area contributed by atoms with Crippen LogP contribution in [0, 0.1) is 17.3 Å². The fraction of sp³-hybridized carbons (Fsp3) is 1.00. The van der Waals surface area contributed by atoms with Gasteiger partial charge in [0.05, 0.1) is 0 Å². The molecule has 0 heterocycles. The maximum atomic E-state index is 8.85. The Bertz CT molecular complexity index is 99.9. The van der Waals surface area contributed by atoms with Gasteiger partial charge < -0.3 is 5.11 Å². The zero-order valence-electron chi connectivity index (χ0n) is 8.52. The highest BCUT2D eigenvalue weighted by Crippen LogP contribution is 2.34. The van der Waals surface area contributed by atoms with Crippen molar-refractivity contribution in [2.75, 3.05) is 6.61 Å². The summed E-state index contributed by atoms with van der Waals surface area (Å²) in [4.78, 5) is 0. The number of rotatable bonds is 3. The number of aliphatic hydroxyl groups is 1. The van der Waals surface area contributed by atoms with E-state index < -0.39 is 0 Å². The Balaban J connectivity index is 4.10. The summed E-state index contributed by atoms with van der Waals surface area (Å²) in [5.41, 5.74) is 0.330. The van der Waals surface area contributed by atoms with Gasteiger partial charge in [-0.3, -0.25) is 0 Å². The van der Waals surface area contributed by atoms with E-state index in [4.69, 9.17) is 5.11 Å². The number of hydrogen-bond acceptors (Lipinski definition) is 1. The maximum absolute atomic E-state index is 8.85. The third kappa shape index (κ3) is 3.76. The molecule has 0 aromatic rings. The maximum Gasteiger partial charge on any atom is 0.0433 e. The van der Waals surface area contributed by atoms with Gasteiger partial charge in [0.2, 0.25) is 0 Å². The molecule has 11 heavy (non-hydrogen) atoms. The molecule has 0 aromatic heterocycles. The average molecular weight is 158 g/mol. The molecule has 0 aromatic carbocycles. The van der Waals surface area contributed by atoms with Gasteiger partial charge in [0, 0.05) is 6.61 Å². The summed E-state index contributed by atoms with van der Waals surface area (Å²) in [5.74, 6) is 1.30. The molecule has 0 saturated carbocycles. The summed E-state index contributed by atoms with van der Waals surface area (Å²) in [5, 5.41) is 8.85. The van der Waals surface area contributed by atoms with Gasteiger partial charge in [-0.1, -0.05) is 34.6 Å². The molecule has 0 saturated heterocycles. The normalized spacial score (nSPS) is 15.5. The molecule has 0 aliphatic carbocycles. The first kappa shape index (κ1) is 11.0. The Morgan fingerprint density at radius 1 is 1.18 bits per heavy atom. The van der Waals surface area contributed by atoms with Crippen LogP contribution < -0.4 is 0 Å². The summed E-state index contributed by atoms with van der Waals surface area (Å²) in [6, 6.07) is 0. The second kappa shape index (κ2) is 4.10. The highest BCUT2D eigenvalue weighted by Gasteiger charge is 2.26. The predicted molar refractivity (Wildman–Crippen MR) is 49.5 cm³/mol. The van der Waals surface area contributed by atoms with Crippen LogP contribution in [0.5, 0.6) is 0 Å². The van der Waals surface area contributed by atoms with E-state index in [1.165, 1.54) is 0 Å². The van der Waals surface area contributed by atoms with E-state index >= 15 is 0 Å². The summed E-state index contributed by atoms with van der Waals surface area (Å²) in [7, 11) is 0. The van der Waals surface area contributed by atoms with Crippen LogP contribution in [0.2, 0.25) is 0 Å². The van der Waals surface area contributed by atoms with Crippen molar-refractivity contribution < 1.29 is 5.11 Å². The number of aliphatic hydroxyl groups excluding tert-OH is 1. The van der Waals surface area contributed by atoms with Crippen molar-refractivity contribution in [2.24, 2.45) is 17.3 Å². The lowest BCUT2D eigenvalue weighted by atomic mass is 9.73. The van der Waals surface area contributed by atoms with Gasteiger partial charge in [-0.15, -0.1) is 0 Å². The molecule has 0 spiro atoms. The Hall–Kier alpha value is -0.0400. The second-order valence-corrected chi connectivity index (χ2v) is 4.73. The first-order valence-electron chi connectivity index (χ1n) is 4.50. The van der Waals surface area contributed by atoms with Crippen LogP contribution in [0.3, 0.4) is 0 Å². The van der Waals surface area contributed by atoms with Crippen molar-refractivity contribution in [3.05, 3.63) is 0 Å². The SMILES string of the molecule is CC(C)C(CCO)C(C)(C)C. The highest BCUT2D eigenvalue weighted by atomic mass is 16.3.